The normalized spacial score (nSPS) is 17.5. The van der Waals surface area contributed by atoms with Gasteiger partial charge in [-0.25, -0.2) is 9.40 Å². The minimum Gasteiger partial charge on any atom is -0.273 e. The van der Waals surface area contributed by atoms with Gasteiger partial charge in [0.25, 0.3) is 0 Å². The lowest BCUT2D eigenvalue weighted by molar-refractivity contribution is -0.132. The summed E-state index contributed by atoms with van der Waals surface area (Å²) in [6.07, 6.45) is 0.969. The highest BCUT2D eigenvalue weighted by molar-refractivity contribution is 6.03. The fourth-order valence-corrected chi connectivity index (χ4v) is 2.68. The van der Waals surface area contributed by atoms with E-state index in [1.807, 2.05) is 36.4 Å². The highest BCUT2D eigenvalue weighted by Gasteiger charge is 2.32. The Morgan fingerprint density at radius 1 is 1.23 bits per heavy atom. The van der Waals surface area contributed by atoms with Crippen molar-refractivity contribution in [2.24, 2.45) is 5.10 Å². The first kappa shape index (κ1) is 14.4. The Balaban J connectivity index is 1.96. The van der Waals surface area contributed by atoms with E-state index in [0.29, 0.717) is 12.8 Å². The highest BCUT2D eigenvalue weighted by atomic mass is 19.1. The number of hydrazone groups is 1. The number of amides is 1. The molecule has 0 radical (unpaired) electrons. The molecule has 1 atom stereocenters. The van der Waals surface area contributed by atoms with Gasteiger partial charge in [-0.15, -0.1) is 0 Å². The van der Waals surface area contributed by atoms with Gasteiger partial charge in [-0.05, 0) is 23.3 Å². The summed E-state index contributed by atoms with van der Waals surface area (Å²) in [6, 6.07) is 15.9. The van der Waals surface area contributed by atoms with Gasteiger partial charge in [0, 0.05) is 12.8 Å². The topological polar surface area (TPSA) is 32.7 Å². The van der Waals surface area contributed by atoms with Crippen molar-refractivity contribution < 1.29 is 9.18 Å². The van der Waals surface area contributed by atoms with Crippen LogP contribution in [0.2, 0.25) is 0 Å². The van der Waals surface area contributed by atoms with Crippen LogP contribution in [0.3, 0.4) is 0 Å². The van der Waals surface area contributed by atoms with Crippen molar-refractivity contribution in [3.05, 3.63) is 71.5 Å². The van der Waals surface area contributed by atoms with Crippen LogP contribution in [-0.4, -0.2) is 16.6 Å². The molecule has 22 heavy (non-hydrogen) atoms. The average Bonchev–Trinajstić information content (AvgIpc) is 3.00. The second-order valence-electron chi connectivity index (χ2n) is 5.28. The first-order valence-electron chi connectivity index (χ1n) is 7.39. The molecule has 1 heterocycles. The summed E-state index contributed by atoms with van der Waals surface area (Å²) in [5.74, 6) is -0.352. The van der Waals surface area contributed by atoms with Crippen LogP contribution in [0.25, 0.3) is 0 Å². The quantitative estimate of drug-likeness (QED) is 0.845. The summed E-state index contributed by atoms with van der Waals surface area (Å²) in [5, 5.41) is 5.99. The highest BCUT2D eigenvalue weighted by Crippen LogP contribution is 2.33. The van der Waals surface area contributed by atoms with Crippen molar-refractivity contribution in [3.63, 3.8) is 0 Å². The first-order valence-corrected chi connectivity index (χ1v) is 7.39. The van der Waals surface area contributed by atoms with Crippen LogP contribution in [0.15, 0.2) is 59.7 Å². The van der Waals surface area contributed by atoms with Gasteiger partial charge in [0.15, 0.2) is 0 Å². The monoisotopic (exact) mass is 296 g/mol. The average molecular weight is 296 g/mol. The zero-order valence-electron chi connectivity index (χ0n) is 12.4. The van der Waals surface area contributed by atoms with E-state index in [0.717, 1.165) is 16.8 Å². The number of rotatable bonds is 3. The molecule has 3 nitrogen and oxygen atoms in total. The standard InChI is InChI=1S/C18H17FN2O/c1-2-18(22)21-17(14-9-6-10-15(19)11-14)12-16(20-21)13-7-4-3-5-8-13/h3-11,17H,2,12H2,1H3/t17-/m0/s1. The molecule has 1 aliphatic rings. The number of hydrogen-bond donors (Lipinski definition) is 0. The van der Waals surface area contributed by atoms with Crippen molar-refractivity contribution in [2.45, 2.75) is 25.8 Å². The molecule has 0 aliphatic carbocycles. The van der Waals surface area contributed by atoms with E-state index in [2.05, 4.69) is 5.10 Å². The van der Waals surface area contributed by atoms with Crippen LogP contribution in [0.1, 0.15) is 36.9 Å². The maximum atomic E-state index is 13.5. The third-order valence-corrected chi connectivity index (χ3v) is 3.81. The molecule has 1 amide bonds. The van der Waals surface area contributed by atoms with Gasteiger partial charge in [-0.1, -0.05) is 49.4 Å². The van der Waals surface area contributed by atoms with E-state index in [-0.39, 0.29) is 17.8 Å². The number of nitrogens with zero attached hydrogens (tertiary/aromatic N) is 2. The van der Waals surface area contributed by atoms with Crippen molar-refractivity contribution in [1.29, 1.82) is 0 Å². The van der Waals surface area contributed by atoms with Crippen LogP contribution in [0.4, 0.5) is 4.39 Å². The van der Waals surface area contributed by atoms with E-state index in [1.165, 1.54) is 17.1 Å². The summed E-state index contributed by atoms with van der Waals surface area (Å²) >= 11 is 0. The number of carbonyl (C=O) groups excluding carboxylic acids is 1. The van der Waals surface area contributed by atoms with E-state index < -0.39 is 0 Å². The summed E-state index contributed by atoms with van der Waals surface area (Å²) in [6.45, 7) is 1.81. The SMILES string of the molecule is CCC(=O)N1N=C(c2ccccc2)C[C@H]1c1cccc(F)c1. The number of benzene rings is 2. The third-order valence-electron chi connectivity index (χ3n) is 3.81. The lowest BCUT2D eigenvalue weighted by Crippen LogP contribution is -2.26. The van der Waals surface area contributed by atoms with Crippen molar-refractivity contribution in [2.75, 3.05) is 0 Å². The van der Waals surface area contributed by atoms with Crippen LogP contribution < -0.4 is 0 Å². The molecule has 0 aromatic heterocycles. The lowest BCUT2D eigenvalue weighted by atomic mass is 9.98. The summed E-state index contributed by atoms with van der Waals surface area (Å²) in [7, 11) is 0. The molecule has 0 bridgehead atoms. The van der Waals surface area contributed by atoms with Crippen molar-refractivity contribution in [1.82, 2.24) is 5.01 Å². The molecule has 2 aromatic rings. The van der Waals surface area contributed by atoms with Gasteiger partial charge < -0.3 is 0 Å². The summed E-state index contributed by atoms with van der Waals surface area (Å²) < 4.78 is 13.5. The van der Waals surface area contributed by atoms with Crippen LogP contribution >= 0.6 is 0 Å². The Labute approximate surface area is 129 Å². The van der Waals surface area contributed by atoms with Crippen LogP contribution in [0, 0.1) is 5.82 Å². The second-order valence-corrected chi connectivity index (χ2v) is 5.28. The Morgan fingerprint density at radius 2 is 2.00 bits per heavy atom. The molecule has 112 valence electrons. The molecule has 0 spiro atoms. The maximum Gasteiger partial charge on any atom is 0.242 e. The Morgan fingerprint density at radius 3 is 2.68 bits per heavy atom. The fraction of sp³-hybridized carbons (Fsp3) is 0.222. The van der Waals surface area contributed by atoms with Gasteiger partial charge in [0.2, 0.25) is 5.91 Å². The van der Waals surface area contributed by atoms with E-state index in [9.17, 15) is 9.18 Å². The molecule has 3 rings (SSSR count). The Bertz CT molecular complexity index is 712. The first-order chi connectivity index (χ1) is 10.7. The molecule has 2 aromatic carbocycles. The predicted octanol–water partition coefficient (Wildman–Crippen LogP) is 3.91. The van der Waals surface area contributed by atoms with Gasteiger partial charge in [-0.2, -0.15) is 5.10 Å². The number of hydrogen-bond acceptors (Lipinski definition) is 2. The van der Waals surface area contributed by atoms with Gasteiger partial charge >= 0.3 is 0 Å². The number of halogens is 1. The van der Waals surface area contributed by atoms with Crippen molar-refractivity contribution >= 4 is 11.6 Å². The minimum absolute atomic E-state index is 0.0554. The summed E-state index contributed by atoms with van der Waals surface area (Å²) in [5.41, 5.74) is 2.63. The lowest BCUT2D eigenvalue weighted by Gasteiger charge is -2.21. The Hall–Kier alpha value is -2.49. The fourth-order valence-electron chi connectivity index (χ4n) is 2.68. The smallest absolute Gasteiger partial charge is 0.242 e. The van der Waals surface area contributed by atoms with Crippen LogP contribution in [-0.2, 0) is 4.79 Å². The molecular formula is C18H17FN2O. The van der Waals surface area contributed by atoms with E-state index >= 15 is 0 Å². The maximum absolute atomic E-state index is 13.5. The molecule has 4 heteroatoms. The van der Waals surface area contributed by atoms with Gasteiger partial charge in [-0.3, -0.25) is 4.79 Å². The Kier molecular flexibility index (Phi) is 4.00. The third kappa shape index (κ3) is 2.77. The van der Waals surface area contributed by atoms with E-state index in [4.69, 9.17) is 0 Å². The minimum atomic E-state index is -0.297. The second kappa shape index (κ2) is 6.10. The van der Waals surface area contributed by atoms with Gasteiger partial charge in [0.1, 0.15) is 5.82 Å². The summed E-state index contributed by atoms with van der Waals surface area (Å²) in [4.78, 5) is 12.2. The number of carbonyl (C=O) groups is 1. The molecule has 0 saturated carbocycles. The van der Waals surface area contributed by atoms with Gasteiger partial charge in [0.05, 0.1) is 11.8 Å². The van der Waals surface area contributed by atoms with Crippen molar-refractivity contribution in [3.8, 4) is 0 Å². The molecule has 1 aliphatic heterocycles. The zero-order valence-corrected chi connectivity index (χ0v) is 12.4. The molecule has 0 saturated heterocycles. The molecular weight excluding hydrogens is 279 g/mol. The molecule has 0 N–H and O–H groups in total. The largest absolute Gasteiger partial charge is 0.273 e. The molecule has 0 unspecified atom stereocenters. The predicted molar refractivity (Wildman–Crippen MR) is 83.9 cm³/mol. The zero-order chi connectivity index (χ0) is 15.5. The molecule has 0 fully saturated rings. The van der Waals surface area contributed by atoms with E-state index in [1.54, 1.807) is 13.0 Å². The van der Waals surface area contributed by atoms with Crippen LogP contribution in [0.5, 0.6) is 0 Å².